The average Bonchev–Trinajstić information content (AvgIpc) is 2.34. The molecular weight excluding hydrogens is 220 g/mol. The van der Waals surface area contributed by atoms with E-state index in [-0.39, 0.29) is 12.0 Å². The number of rotatable bonds is 8. The predicted molar refractivity (Wildman–Crippen MR) is 68.1 cm³/mol. The first-order valence-electron chi connectivity index (χ1n) is 5.95. The number of hydrogen-bond donors (Lipinski definition) is 1. The fourth-order valence-corrected chi connectivity index (χ4v) is 1.80. The molecule has 1 N–H and O–H groups in total. The Hall–Kier alpha value is -0.650. The highest BCUT2D eigenvalue weighted by molar-refractivity contribution is 5.80. The molecule has 0 aromatic carbocycles. The van der Waals surface area contributed by atoms with Gasteiger partial charge in [-0.15, -0.1) is 0 Å². The van der Waals surface area contributed by atoms with E-state index in [2.05, 4.69) is 24.1 Å². The summed E-state index contributed by atoms with van der Waals surface area (Å²) in [6, 6.07) is 0.266. The quantitative estimate of drug-likeness (QED) is 0.632. The van der Waals surface area contributed by atoms with Crippen LogP contribution < -0.4 is 5.32 Å². The first-order chi connectivity index (χ1) is 7.95. The van der Waals surface area contributed by atoms with Crippen molar-refractivity contribution in [2.45, 2.75) is 32.4 Å². The molecule has 0 bridgehead atoms. The molecular formula is C12H26N2O3. The summed E-state index contributed by atoms with van der Waals surface area (Å²) in [5.41, 5.74) is -0.688. The van der Waals surface area contributed by atoms with Gasteiger partial charge in [0.2, 0.25) is 0 Å². The minimum absolute atomic E-state index is 0.247. The van der Waals surface area contributed by atoms with Crippen LogP contribution in [0.1, 0.15) is 20.8 Å². The van der Waals surface area contributed by atoms with E-state index in [4.69, 9.17) is 9.47 Å². The van der Waals surface area contributed by atoms with Crippen LogP contribution in [0.15, 0.2) is 0 Å². The number of esters is 1. The first kappa shape index (κ1) is 16.4. The molecule has 5 nitrogen and oxygen atoms in total. The third-order valence-electron chi connectivity index (χ3n) is 3.14. The summed E-state index contributed by atoms with van der Waals surface area (Å²) in [5, 5.41) is 3.03. The number of carbonyl (C=O) groups excluding carboxylic acids is 1. The highest BCUT2D eigenvalue weighted by atomic mass is 16.5. The summed E-state index contributed by atoms with van der Waals surface area (Å²) in [6.07, 6.45) is 0. The van der Waals surface area contributed by atoms with Crippen molar-refractivity contribution in [1.29, 1.82) is 0 Å². The van der Waals surface area contributed by atoms with Crippen molar-refractivity contribution in [3.8, 4) is 0 Å². The second-order valence-corrected chi connectivity index (χ2v) is 4.44. The Labute approximate surface area is 104 Å². The fraction of sp³-hybridized carbons (Fsp3) is 0.917. The molecule has 0 rings (SSSR count). The van der Waals surface area contributed by atoms with Crippen LogP contribution in [-0.4, -0.2) is 63.4 Å². The molecule has 102 valence electrons. The van der Waals surface area contributed by atoms with Crippen LogP contribution >= 0.6 is 0 Å². The standard InChI is InChI=1S/C12H26N2O3/c1-7-14(10(2)8-16-5)9-12(3,13-4)11(15)17-6/h10,13H,7-9H2,1-6H3. The highest BCUT2D eigenvalue weighted by Gasteiger charge is 2.35. The van der Waals surface area contributed by atoms with Crippen molar-refractivity contribution >= 4 is 5.97 Å². The Balaban J connectivity index is 4.66. The lowest BCUT2D eigenvalue weighted by Gasteiger charge is -2.35. The molecule has 0 saturated heterocycles. The number of hydrogen-bond acceptors (Lipinski definition) is 5. The van der Waals surface area contributed by atoms with Gasteiger partial charge in [-0.05, 0) is 27.4 Å². The highest BCUT2D eigenvalue weighted by Crippen LogP contribution is 2.11. The number of nitrogens with one attached hydrogen (secondary N) is 1. The average molecular weight is 246 g/mol. The van der Waals surface area contributed by atoms with E-state index in [1.165, 1.54) is 7.11 Å². The third-order valence-corrected chi connectivity index (χ3v) is 3.14. The number of ether oxygens (including phenoxy) is 2. The second kappa shape index (κ2) is 7.63. The summed E-state index contributed by atoms with van der Waals surface area (Å²) in [4.78, 5) is 13.9. The maximum Gasteiger partial charge on any atom is 0.327 e. The SMILES string of the molecule is CCN(CC(C)(NC)C(=O)OC)C(C)COC. The predicted octanol–water partition coefficient (Wildman–Crippen LogP) is 0.494. The van der Waals surface area contributed by atoms with Gasteiger partial charge in [-0.2, -0.15) is 0 Å². The molecule has 0 aliphatic rings. The zero-order valence-electron chi connectivity index (χ0n) is 11.9. The Morgan fingerprint density at radius 1 is 1.47 bits per heavy atom. The van der Waals surface area contributed by atoms with Gasteiger partial charge >= 0.3 is 5.97 Å². The monoisotopic (exact) mass is 246 g/mol. The molecule has 17 heavy (non-hydrogen) atoms. The topological polar surface area (TPSA) is 50.8 Å². The molecule has 2 unspecified atom stereocenters. The van der Waals surface area contributed by atoms with Crippen molar-refractivity contribution in [1.82, 2.24) is 10.2 Å². The van der Waals surface area contributed by atoms with Crippen LogP contribution in [0.2, 0.25) is 0 Å². The molecule has 2 atom stereocenters. The summed E-state index contributed by atoms with van der Waals surface area (Å²) >= 11 is 0. The van der Waals surface area contributed by atoms with Gasteiger partial charge < -0.3 is 14.8 Å². The number of nitrogens with zero attached hydrogens (tertiary/aromatic N) is 1. The number of methoxy groups -OCH3 is 2. The van der Waals surface area contributed by atoms with E-state index in [1.807, 2.05) is 6.92 Å². The first-order valence-corrected chi connectivity index (χ1v) is 5.95. The minimum Gasteiger partial charge on any atom is -0.468 e. The van der Waals surface area contributed by atoms with Crippen LogP contribution in [-0.2, 0) is 14.3 Å². The van der Waals surface area contributed by atoms with E-state index in [0.717, 1.165) is 6.54 Å². The number of carbonyl (C=O) groups is 1. The van der Waals surface area contributed by atoms with Crippen LogP contribution in [0.3, 0.4) is 0 Å². The van der Waals surface area contributed by atoms with E-state index in [1.54, 1.807) is 14.2 Å². The molecule has 0 aromatic rings. The number of likely N-dealkylation sites (N-methyl/N-ethyl adjacent to an activating group) is 2. The Kier molecular flexibility index (Phi) is 7.34. The van der Waals surface area contributed by atoms with Crippen molar-refractivity contribution in [2.75, 3.05) is 41.0 Å². The normalized spacial score (nSPS) is 16.6. The Morgan fingerprint density at radius 2 is 2.06 bits per heavy atom. The maximum atomic E-state index is 11.8. The summed E-state index contributed by atoms with van der Waals surface area (Å²) in [7, 11) is 4.86. The van der Waals surface area contributed by atoms with E-state index < -0.39 is 5.54 Å². The molecule has 0 aliphatic heterocycles. The van der Waals surface area contributed by atoms with Gasteiger partial charge in [0.05, 0.1) is 13.7 Å². The zero-order valence-corrected chi connectivity index (χ0v) is 11.9. The fourth-order valence-electron chi connectivity index (χ4n) is 1.80. The molecule has 5 heteroatoms. The summed E-state index contributed by atoms with van der Waals surface area (Å²) in [5.74, 6) is -0.247. The van der Waals surface area contributed by atoms with Crippen molar-refractivity contribution < 1.29 is 14.3 Å². The molecule has 0 spiro atoms. The molecule has 0 aromatic heterocycles. The summed E-state index contributed by atoms with van der Waals surface area (Å²) in [6.45, 7) is 8.10. The Morgan fingerprint density at radius 3 is 2.41 bits per heavy atom. The third kappa shape index (κ3) is 4.61. The zero-order chi connectivity index (χ0) is 13.5. The van der Waals surface area contributed by atoms with Crippen molar-refractivity contribution in [3.63, 3.8) is 0 Å². The minimum atomic E-state index is -0.688. The molecule has 0 heterocycles. The van der Waals surface area contributed by atoms with Gasteiger partial charge in [0.25, 0.3) is 0 Å². The lowest BCUT2D eigenvalue weighted by atomic mass is 10.0. The van der Waals surface area contributed by atoms with Crippen LogP contribution in [0.4, 0.5) is 0 Å². The molecule has 0 radical (unpaired) electrons. The maximum absolute atomic E-state index is 11.8. The van der Waals surface area contributed by atoms with Crippen LogP contribution in [0.25, 0.3) is 0 Å². The van der Waals surface area contributed by atoms with Crippen molar-refractivity contribution in [3.05, 3.63) is 0 Å². The second-order valence-electron chi connectivity index (χ2n) is 4.44. The van der Waals surface area contributed by atoms with E-state index >= 15 is 0 Å². The van der Waals surface area contributed by atoms with Crippen molar-refractivity contribution in [2.24, 2.45) is 0 Å². The van der Waals surface area contributed by atoms with Gasteiger partial charge in [-0.25, -0.2) is 0 Å². The largest absolute Gasteiger partial charge is 0.468 e. The van der Waals surface area contributed by atoms with Gasteiger partial charge in [0.1, 0.15) is 5.54 Å². The lowest BCUT2D eigenvalue weighted by Crippen LogP contribution is -2.57. The van der Waals surface area contributed by atoms with E-state index in [0.29, 0.717) is 13.2 Å². The molecule has 0 fully saturated rings. The molecule has 0 saturated carbocycles. The van der Waals surface area contributed by atoms with Crippen LogP contribution in [0, 0.1) is 0 Å². The Bertz CT molecular complexity index is 236. The molecule has 0 aliphatic carbocycles. The van der Waals surface area contributed by atoms with Gasteiger partial charge in [0.15, 0.2) is 0 Å². The molecule has 0 amide bonds. The summed E-state index contributed by atoms with van der Waals surface area (Å²) < 4.78 is 9.98. The van der Waals surface area contributed by atoms with E-state index in [9.17, 15) is 4.79 Å². The smallest absolute Gasteiger partial charge is 0.327 e. The lowest BCUT2D eigenvalue weighted by molar-refractivity contribution is -0.148. The van der Waals surface area contributed by atoms with Gasteiger partial charge in [0, 0.05) is 19.7 Å². The van der Waals surface area contributed by atoms with Gasteiger partial charge in [-0.1, -0.05) is 6.92 Å². The van der Waals surface area contributed by atoms with Gasteiger partial charge in [-0.3, -0.25) is 9.69 Å². The van der Waals surface area contributed by atoms with Crippen LogP contribution in [0.5, 0.6) is 0 Å².